The lowest BCUT2D eigenvalue weighted by Gasteiger charge is -2.20. The van der Waals surface area contributed by atoms with Crippen LogP contribution in [0.5, 0.6) is 0 Å². The van der Waals surface area contributed by atoms with E-state index in [0.717, 1.165) is 0 Å². The second kappa shape index (κ2) is 2.46. The Morgan fingerprint density at radius 1 is 1.45 bits per heavy atom. The molecule has 1 N–H and O–H groups in total. The Kier molecular flexibility index (Phi) is 1.90. The standard InChI is InChI=1S/C7H13NO3/c1-6(2)10-5-7(3,11-6)4-8-9/h4,9H,5H2,1-3H3/b8-4+/t7-/m1/s1. The SMILES string of the molecule is CC1(C)OC[C@@](C)(/C=N/O)O1. The van der Waals surface area contributed by atoms with Crippen molar-refractivity contribution in [3.8, 4) is 0 Å². The molecule has 0 aliphatic carbocycles. The first kappa shape index (κ1) is 8.49. The summed E-state index contributed by atoms with van der Waals surface area (Å²) in [6.07, 6.45) is 1.34. The van der Waals surface area contributed by atoms with Crippen LogP contribution in [0.4, 0.5) is 0 Å². The highest BCUT2D eigenvalue weighted by atomic mass is 16.8. The summed E-state index contributed by atoms with van der Waals surface area (Å²) >= 11 is 0. The first-order valence-corrected chi connectivity index (χ1v) is 3.50. The predicted molar refractivity (Wildman–Crippen MR) is 39.8 cm³/mol. The highest BCUT2D eigenvalue weighted by molar-refractivity contribution is 5.68. The lowest BCUT2D eigenvalue weighted by Crippen LogP contribution is -2.32. The molecular formula is C7H13NO3. The van der Waals surface area contributed by atoms with Gasteiger partial charge >= 0.3 is 0 Å². The van der Waals surface area contributed by atoms with E-state index in [2.05, 4.69) is 5.16 Å². The van der Waals surface area contributed by atoms with Gasteiger partial charge in [0.15, 0.2) is 5.79 Å². The minimum absolute atomic E-state index is 0.421. The Bertz CT molecular complexity index is 179. The van der Waals surface area contributed by atoms with E-state index in [4.69, 9.17) is 14.7 Å². The molecule has 1 atom stereocenters. The molecule has 0 aromatic carbocycles. The molecule has 11 heavy (non-hydrogen) atoms. The van der Waals surface area contributed by atoms with Crippen molar-refractivity contribution in [1.29, 1.82) is 0 Å². The second-order valence-electron chi connectivity index (χ2n) is 3.35. The monoisotopic (exact) mass is 159 g/mol. The third-order valence-corrected chi connectivity index (χ3v) is 1.52. The molecule has 1 fully saturated rings. The summed E-state index contributed by atoms with van der Waals surface area (Å²) in [7, 11) is 0. The van der Waals surface area contributed by atoms with Gasteiger partial charge < -0.3 is 14.7 Å². The fourth-order valence-electron chi connectivity index (χ4n) is 1.12. The van der Waals surface area contributed by atoms with E-state index in [1.54, 1.807) is 0 Å². The van der Waals surface area contributed by atoms with Crippen LogP contribution in [0.2, 0.25) is 0 Å². The summed E-state index contributed by atoms with van der Waals surface area (Å²) in [6, 6.07) is 0. The Hall–Kier alpha value is -0.610. The maximum absolute atomic E-state index is 8.30. The smallest absolute Gasteiger partial charge is 0.164 e. The van der Waals surface area contributed by atoms with Gasteiger partial charge in [-0.05, 0) is 20.8 Å². The van der Waals surface area contributed by atoms with Crippen molar-refractivity contribution in [2.45, 2.75) is 32.2 Å². The summed E-state index contributed by atoms with van der Waals surface area (Å²) in [5, 5.41) is 11.2. The van der Waals surface area contributed by atoms with Crippen LogP contribution < -0.4 is 0 Å². The Labute approximate surface area is 65.8 Å². The minimum atomic E-state index is -0.585. The number of hydrogen-bond donors (Lipinski definition) is 1. The summed E-state index contributed by atoms with van der Waals surface area (Å²) < 4.78 is 10.7. The van der Waals surface area contributed by atoms with Crippen molar-refractivity contribution in [3.63, 3.8) is 0 Å². The third-order valence-electron chi connectivity index (χ3n) is 1.52. The quantitative estimate of drug-likeness (QED) is 0.352. The average molecular weight is 159 g/mol. The van der Waals surface area contributed by atoms with Crippen molar-refractivity contribution >= 4 is 6.21 Å². The van der Waals surface area contributed by atoms with E-state index in [1.165, 1.54) is 6.21 Å². The molecule has 4 heteroatoms. The number of rotatable bonds is 1. The molecule has 0 amide bonds. The Morgan fingerprint density at radius 2 is 2.09 bits per heavy atom. The fraction of sp³-hybridized carbons (Fsp3) is 0.857. The maximum atomic E-state index is 8.30. The number of oxime groups is 1. The number of nitrogens with zero attached hydrogens (tertiary/aromatic N) is 1. The van der Waals surface area contributed by atoms with E-state index in [0.29, 0.717) is 6.61 Å². The summed E-state index contributed by atoms with van der Waals surface area (Å²) in [5.41, 5.74) is -0.585. The zero-order valence-electron chi connectivity index (χ0n) is 7.00. The molecular weight excluding hydrogens is 146 g/mol. The molecule has 0 aromatic heterocycles. The summed E-state index contributed by atoms with van der Waals surface area (Å²) in [5.74, 6) is -0.573. The molecule has 0 spiro atoms. The van der Waals surface area contributed by atoms with E-state index >= 15 is 0 Å². The molecule has 1 heterocycles. The zero-order chi connectivity index (χ0) is 8.54. The normalized spacial score (nSPS) is 36.6. The largest absolute Gasteiger partial charge is 0.411 e. The van der Waals surface area contributed by atoms with Gasteiger partial charge in [-0.2, -0.15) is 0 Å². The maximum Gasteiger partial charge on any atom is 0.164 e. The summed E-state index contributed by atoms with van der Waals surface area (Å²) in [4.78, 5) is 0. The van der Waals surface area contributed by atoms with Gasteiger partial charge in [0.2, 0.25) is 0 Å². The molecule has 0 aromatic rings. The predicted octanol–water partition coefficient (Wildman–Crippen LogP) is 0.988. The van der Waals surface area contributed by atoms with Crippen molar-refractivity contribution in [1.82, 2.24) is 0 Å². The van der Waals surface area contributed by atoms with Crippen LogP contribution in [0.25, 0.3) is 0 Å². The Balaban J connectivity index is 2.65. The van der Waals surface area contributed by atoms with E-state index in [-0.39, 0.29) is 0 Å². The molecule has 0 saturated carbocycles. The highest BCUT2D eigenvalue weighted by Gasteiger charge is 2.40. The molecule has 1 rings (SSSR count). The van der Waals surface area contributed by atoms with Gasteiger partial charge in [-0.25, -0.2) is 0 Å². The second-order valence-corrected chi connectivity index (χ2v) is 3.35. The van der Waals surface area contributed by atoms with Gasteiger partial charge in [0.25, 0.3) is 0 Å². The van der Waals surface area contributed by atoms with Gasteiger partial charge in [-0.3, -0.25) is 0 Å². The van der Waals surface area contributed by atoms with Crippen LogP contribution in [0, 0.1) is 0 Å². The molecule has 1 saturated heterocycles. The van der Waals surface area contributed by atoms with Gasteiger partial charge in [-0.1, -0.05) is 5.16 Å². The topological polar surface area (TPSA) is 51.0 Å². The fourth-order valence-corrected chi connectivity index (χ4v) is 1.12. The number of ether oxygens (including phenoxy) is 2. The molecule has 1 aliphatic heterocycles. The van der Waals surface area contributed by atoms with Gasteiger partial charge in [0.1, 0.15) is 5.60 Å². The van der Waals surface area contributed by atoms with Gasteiger partial charge in [-0.15, -0.1) is 0 Å². The molecule has 4 nitrogen and oxygen atoms in total. The average Bonchev–Trinajstić information content (AvgIpc) is 2.07. The minimum Gasteiger partial charge on any atom is -0.411 e. The van der Waals surface area contributed by atoms with Crippen molar-refractivity contribution in [2.75, 3.05) is 6.61 Å². The van der Waals surface area contributed by atoms with Crippen LogP contribution in [-0.2, 0) is 9.47 Å². The molecule has 0 bridgehead atoms. The lowest BCUT2D eigenvalue weighted by atomic mass is 10.1. The van der Waals surface area contributed by atoms with Crippen LogP contribution in [0.15, 0.2) is 5.16 Å². The molecule has 0 unspecified atom stereocenters. The Morgan fingerprint density at radius 3 is 2.45 bits per heavy atom. The highest BCUT2D eigenvalue weighted by Crippen LogP contribution is 2.28. The van der Waals surface area contributed by atoms with Crippen LogP contribution in [0.3, 0.4) is 0 Å². The van der Waals surface area contributed by atoms with Gasteiger partial charge in [0.05, 0.1) is 12.8 Å². The zero-order valence-corrected chi connectivity index (χ0v) is 7.00. The van der Waals surface area contributed by atoms with E-state index < -0.39 is 11.4 Å². The summed E-state index contributed by atoms with van der Waals surface area (Å²) in [6.45, 7) is 5.87. The molecule has 0 radical (unpaired) electrons. The van der Waals surface area contributed by atoms with E-state index in [1.807, 2.05) is 20.8 Å². The van der Waals surface area contributed by atoms with Crippen molar-refractivity contribution < 1.29 is 14.7 Å². The van der Waals surface area contributed by atoms with E-state index in [9.17, 15) is 0 Å². The molecule has 1 aliphatic rings. The van der Waals surface area contributed by atoms with Gasteiger partial charge in [0, 0.05) is 0 Å². The van der Waals surface area contributed by atoms with Crippen molar-refractivity contribution in [3.05, 3.63) is 0 Å². The third kappa shape index (κ3) is 1.91. The lowest BCUT2D eigenvalue weighted by molar-refractivity contribution is -0.144. The van der Waals surface area contributed by atoms with Crippen LogP contribution >= 0.6 is 0 Å². The first-order valence-electron chi connectivity index (χ1n) is 3.50. The number of hydrogen-bond acceptors (Lipinski definition) is 4. The van der Waals surface area contributed by atoms with Crippen molar-refractivity contribution in [2.24, 2.45) is 5.16 Å². The molecule has 64 valence electrons. The van der Waals surface area contributed by atoms with Crippen LogP contribution in [0.1, 0.15) is 20.8 Å². The van der Waals surface area contributed by atoms with Crippen LogP contribution in [-0.4, -0.2) is 29.4 Å². The first-order chi connectivity index (χ1) is 4.97.